The summed E-state index contributed by atoms with van der Waals surface area (Å²) in [5, 5.41) is 2.96. The van der Waals surface area contributed by atoms with Gasteiger partial charge in [0.1, 0.15) is 0 Å². The van der Waals surface area contributed by atoms with Crippen molar-refractivity contribution in [2.45, 2.75) is 25.8 Å². The van der Waals surface area contributed by atoms with Crippen molar-refractivity contribution in [1.82, 2.24) is 5.32 Å². The fraction of sp³-hybridized carbons (Fsp3) is 0.364. The van der Waals surface area contributed by atoms with Gasteiger partial charge in [0.2, 0.25) is 29.6 Å². The molecular weight excluding hydrogens is 390 g/mol. The maximum Gasteiger partial charge on any atom is 0.231 e. The number of fused-ring (bicyclic) bond motifs is 5. The first-order valence-electron chi connectivity index (χ1n) is 9.56. The Bertz CT molecular complexity index is 1080. The summed E-state index contributed by atoms with van der Waals surface area (Å²) < 4.78 is 28.0. The van der Waals surface area contributed by atoms with Crippen LogP contribution in [0.15, 0.2) is 23.0 Å². The third kappa shape index (κ3) is 3.08. The third-order valence-electron chi connectivity index (χ3n) is 5.40. The van der Waals surface area contributed by atoms with Gasteiger partial charge in [-0.25, -0.2) is 0 Å². The predicted octanol–water partition coefficient (Wildman–Crippen LogP) is 2.59. The van der Waals surface area contributed by atoms with Crippen molar-refractivity contribution in [3.63, 3.8) is 0 Å². The van der Waals surface area contributed by atoms with E-state index >= 15 is 0 Å². The smallest absolute Gasteiger partial charge is 0.231 e. The van der Waals surface area contributed by atoms with E-state index in [-0.39, 0.29) is 29.9 Å². The molecule has 1 N–H and O–H groups in total. The first kappa shape index (κ1) is 19.9. The highest BCUT2D eigenvalue weighted by atomic mass is 16.7. The molecule has 0 fully saturated rings. The summed E-state index contributed by atoms with van der Waals surface area (Å²) in [5.74, 6) is 2.03. The minimum Gasteiger partial charge on any atom is -0.493 e. The summed E-state index contributed by atoms with van der Waals surface area (Å²) in [5.41, 5.74) is 2.78. The summed E-state index contributed by atoms with van der Waals surface area (Å²) in [7, 11) is 4.57. The molecule has 1 heterocycles. The quantitative estimate of drug-likeness (QED) is 0.824. The molecule has 1 aliphatic carbocycles. The molecule has 0 spiro atoms. The van der Waals surface area contributed by atoms with Crippen molar-refractivity contribution in [2.75, 3.05) is 28.1 Å². The average molecular weight is 413 g/mol. The topological polar surface area (TPSA) is 92.3 Å². The normalized spacial score (nSPS) is 16.1. The van der Waals surface area contributed by atoms with E-state index in [1.807, 2.05) is 6.07 Å². The Morgan fingerprint density at radius 3 is 2.47 bits per heavy atom. The largest absolute Gasteiger partial charge is 0.493 e. The predicted molar refractivity (Wildman–Crippen MR) is 109 cm³/mol. The van der Waals surface area contributed by atoms with E-state index in [0.29, 0.717) is 41.4 Å². The number of amides is 1. The zero-order valence-electron chi connectivity index (χ0n) is 17.3. The molecule has 8 nitrogen and oxygen atoms in total. The van der Waals surface area contributed by atoms with Gasteiger partial charge >= 0.3 is 0 Å². The van der Waals surface area contributed by atoms with Crippen molar-refractivity contribution in [3.8, 4) is 39.9 Å². The minimum atomic E-state index is -0.372. The van der Waals surface area contributed by atoms with Gasteiger partial charge in [-0.3, -0.25) is 9.59 Å². The van der Waals surface area contributed by atoms with Gasteiger partial charge in [0.15, 0.2) is 17.2 Å². The zero-order valence-corrected chi connectivity index (χ0v) is 17.3. The fourth-order valence-electron chi connectivity index (χ4n) is 4.20. The first-order valence-corrected chi connectivity index (χ1v) is 9.56. The number of carbonyl (C=O) groups is 1. The van der Waals surface area contributed by atoms with Crippen LogP contribution in [0.1, 0.15) is 30.5 Å². The van der Waals surface area contributed by atoms with Crippen molar-refractivity contribution >= 4 is 5.91 Å². The molecular formula is C22H23NO7. The summed E-state index contributed by atoms with van der Waals surface area (Å²) in [6, 6.07) is 4.58. The van der Waals surface area contributed by atoms with Gasteiger partial charge in [-0.1, -0.05) is 6.07 Å². The van der Waals surface area contributed by atoms with Crippen LogP contribution < -0.4 is 34.4 Å². The molecule has 1 unspecified atom stereocenters. The molecule has 30 heavy (non-hydrogen) atoms. The maximum absolute atomic E-state index is 12.7. The number of benzene rings is 1. The second kappa shape index (κ2) is 7.78. The molecule has 8 heteroatoms. The first-order chi connectivity index (χ1) is 14.5. The summed E-state index contributed by atoms with van der Waals surface area (Å²) in [4.78, 5) is 24.6. The minimum absolute atomic E-state index is 0.0465. The summed E-state index contributed by atoms with van der Waals surface area (Å²) in [6.07, 6.45) is 1.13. The lowest BCUT2D eigenvalue weighted by Gasteiger charge is -2.18. The number of hydrogen-bond acceptors (Lipinski definition) is 7. The average Bonchev–Trinajstić information content (AvgIpc) is 3.08. The van der Waals surface area contributed by atoms with Crippen molar-refractivity contribution in [3.05, 3.63) is 39.5 Å². The lowest BCUT2D eigenvalue weighted by atomic mass is 9.95. The Morgan fingerprint density at radius 2 is 1.80 bits per heavy atom. The number of ether oxygens (including phenoxy) is 5. The van der Waals surface area contributed by atoms with Crippen LogP contribution in [0, 0.1) is 0 Å². The molecule has 1 atom stereocenters. The van der Waals surface area contributed by atoms with Crippen LogP contribution in [0.3, 0.4) is 0 Å². The highest BCUT2D eigenvalue weighted by Crippen LogP contribution is 2.57. The SMILES string of the molecule is COc1c2c(c3c(c1OC)OCO3)-c1ccc(OC)c(=O)cc1C(NC(C)=O)CC2. The highest BCUT2D eigenvalue weighted by molar-refractivity contribution is 5.86. The Hall–Kier alpha value is -3.42. The van der Waals surface area contributed by atoms with E-state index in [9.17, 15) is 9.59 Å². The molecule has 1 aliphatic heterocycles. The number of methoxy groups -OCH3 is 3. The van der Waals surface area contributed by atoms with Gasteiger partial charge in [0, 0.05) is 18.1 Å². The molecule has 2 aromatic carbocycles. The van der Waals surface area contributed by atoms with Crippen LogP contribution in [0.5, 0.6) is 28.7 Å². The molecule has 2 aromatic rings. The van der Waals surface area contributed by atoms with Crippen molar-refractivity contribution in [1.29, 1.82) is 0 Å². The standard InChI is InChI=1S/C22H23NO7/c1-11(24)23-15-7-5-13-18(12-6-8-17(26-2)16(25)9-14(12)15)20-22(30-10-29-20)21(28-4)19(13)27-3/h6,8-9,15H,5,7,10H2,1-4H3,(H,23,24). The van der Waals surface area contributed by atoms with E-state index in [0.717, 1.165) is 16.7 Å². The lowest BCUT2D eigenvalue weighted by molar-refractivity contribution is -0.119. The number of hydrogen-bond donors (Lipinski definition) is 1. The second-order valence-electron chi connectivity index (χ2n) is 7.06. The molecule has 4 rings (SSSR count). The zero-order chi connectivity index (χ0) is 21.4. The molecule has 0 radical (unpaired) electrons. The van der Waals surface area contributed by atoms with Gasteiger partial charge in [-0.2, -0.15) is 0 Å². The van der Waals surface area contributed by atoms with Crippen LogP contribution in [-0.4, -0.2) is 34.0 Å². The Kier molecular flexibility index (Phi) is 5.15. The fourth-order valence-corrected chi connectivity index (χ4v) is 4.20. The van der Waals surface area contributed by atoms with Crippen molar-refractivity contribution < 1.29 is 28.5 Å². The van der Waals surface area contributed by atoms with Gasteiger partial charge in [-0.15, -0.1) is 0 Å². The van der Waals surface area contributed by atoms with E-state index in [1.54, 1.807) is 20.3 Å². The molecule has 158 valence electrons. The van der Waals surface area contributed by atoms with Crippen LogP contribution in [0.4, 0.5) is 0 Å². The summed E-state index contributed by atoms with van der Waals surface area (Å²) in [6.45, 7) is 1.50. The van der Waals surface area contributed by atoms with E-state index in [1.165, 1.54) is 20.1 Å². The Morgan fingerprint density at radius 1 is 1.07 bits per heavy atom. The lowest BCUT2D eigenvalue weighted by Crippen LogP contribution is -2.26. The number of carbonyl (C=O) groups excluding carboxylic acids is 1. The van der Waals surface area contributed by atoms with E-state index in [2.05, 4.69) is 5.32 Å². The molecule has 0 saturated carbocycles. The molecule has 2 aliphatic rings. The molecule has 0 aromatic heterocycles. The van der Waals surface area contributed by atoms with Gasteiger partial charge < -0.3 is 29.0 Å². The van der Waals surface area contributed by atoms with Crippen LogP contribution in [0.25, 0.3) is 11.1 Å². The summed E-state index contributed by atoms with van der Waals surface area (Å²) >= 11 is 0. The van der Waals surface area contributed by atoms with Gasteiger partial charge in [-0.05, 0) is 36.1 Å². The molecule has 0 bridgehead atoms. The van der Waals surface area contributed by atoms with Gasteiger partial charge in [0.05, 0.1) is 27.4 Å². The Balaban J connectivity index is 2.10. The van der Waals surface area contributed by atoms with Crippen LogP contribution in [0.2, 0.25) is 0 Å². The molecule has 0 saturated heterocycles. The number of rotatable bonds is 4. The molecule has 1 amide bonds. The van der Waals surface area contributed by atoms with Crippen LogP contribution >= 0.6 is 0 Å². The Labute approximate surface area is 173 Å². The second-order valence-corrected chi connectivity index (χ2v) is 7.06. The highest BCUT2D eigenvalue weighted by Gasteiger charge is 2.35. The third-order valence-corrected chi connectivity index (χ3v) is 5.40. The number of nitrogens with one attached hydrogen (secondary N) is 1. The van der Waals surface area contributed by atoms with Gasteiger partial charge in [0.25, 0.3) is 0 Å². The van der Waals surface area contributed by atoms with E-state index in [4.69, 9.17) is 23.7 Å². The van der Waals surface area contributed by atoms with E-state index < -0.39 is 0 Å². The maximum atomic E-state index is 12.7. The van der Waals surface area contributed by atoms with Crippen molar-refractivity contribution in [2.24, 2.45) is 0 Å². The van der Waals surface area contributed by atoms with Crippen LogP contribution in [-0.2, 0) is 11.2 Å². The monoisotopic (exact) mass is 413 g/mol.